The number of hydrogen-bond acceptors (Lipinski definition) is 5. The zero-order valence-corrected chi connectivity index (χ0v) is 11.8. The highest BCUT2D eigenvalue weighted by atomic mass is 16.5. The van der Waals surface area contributed by atoms with Gasteiger partial charge in [-0.3, -0.25) is 0 Å². The van der Waals surface area contributed by atoms with Gasteiger partial charge >= 0.3 is 0 Å². The van der Waals surface area contributed by atoms with E-state index in [4.69, 9.17) is 4.74 Å². The summed E-state index contributed by atoms with van der Waals surface area (Å²) in [5, 5.41) is 11.9. The minimum absolute atomic E-state index is 0.557. The highest BCUT2D eigenvalue weighted by Gasteiger charge is 2.14. The predicted octanol–water partition coefficient (Wildman–Crippen LogP) is 2.21. The first-order valence-corrected chi connectivity index (χ1v) is 6.73. The number of tetrazole rings is 1. The van der Waals surface area contributed by atoms with Gasteiger partial charge in [-0.2, -0.15) is 4.68 Å². The van der Waals surface area contributed by atoms with Crippen LogP contribution in [-0.4, -0.2) is 37.3 Å². The topological polar surface area (TPSA) is 81.5 Å². The molecule has 2 aromatic heterocycles. The minimum Gasteiger partial charge on any atom is -0.497 e. The maximum absolute atomic E-state index is 5.16. The number of nitrogens with zero attached hydrogens (tertiary/aromatic N) is 5. The summed E-state index contributed by atoms with van der Waals surface area (Å²) in [6.45, 7) is 0. The Hall–Kier alpha value is -3.22. The lowest BCUT2D eigenvalue weighted by Crippen LogP contribution is -2.00. The molecule has 0 radical (unpaired) electrons. The van der Waals surface area contributed by atoms with E-state index < -0.39 is 0 Å². The molecule has 1 N–H and O–H groups in total. The van der Waals surface area contributed by atoms with Gasteiger partial charge in [0.25, 0.3) is 0 Å². The summed E-state index contributed by atoms with van der Waals surface area (Å²) in [6.07, 6.45) is 0. The van der Waals surface area contributed by atoms with Crippen LogP contribution in [0.25, 0.3) is 28.4 Å². The molecule has 0 amide bonds. The van der Waals surface area contributed by atoms with Crippen LogP contribution < -0.4 is 4.74 Å². The van der Waals surface area contributed by atoms with Crippen molar-refractivity contribution in [3.8, 4) is 23.1 Å². The lowest BCUT2D eigenvalue weighted by Gasteiger charge is -2.04. The molecule has 0 atom stereocenters. The Morgan fingerprint density at radius 2 is 1.86 bits per heavy atom. The Morgan fingerprint density at radius 3 is 2.64 bits per heavy atom. The maximum Gasteiger partial charge on any atom is 0.222 e. The van der Waals surface area contributed by atoms with Crippen LogP contribution >= 0.6 is 0 Å². The van der Waals surface area contributed by atoms with Crippen molar-refractivity contribution in [3.05, 3.63) is 48.5 Å². The van der Waals surface area contributed by atoms with Crippen molar-refractivity contribution in [3.63, 3.8) is 0 Å². The van der Waals surface area contributed by atoms with Crippen molar-refractivity contribution in [2.75, 3.05) is 7.11 Å². The number of methoxy groups -OCH3 is 1. The van der Waals surface area contributed by atoms with E-state index in [0.29, 0.717) is 11.6 Å². The highest BCUT2D eigenvalue weighted by Crippen LogP contribution is 2.21. The molecule has 0 spiro atoms. The highest BCUT2D eigenvalue weighted by molar-refractivity contribution is 5.78. The summed E-state index contributed by atoms with van der Waals surface area (Å²) in [6, 6.07) is 15.3. The van der Waals surface area contributed by atoms with E-state index in [9.17, 15) is 0 Å². The molecule has 0 unspecified atom stereocenters. The summed E-state index contributed by atoms with van der Waals surface area (Å²) < 4.78 is 6.80. The van der Waals surface area contributed by atoms with Crippen molar-refractivity contribution in [1.82, 2.24) is 30.2 Å². The molecule has 0 aliphatic rings. The minimum atomic E-state index is 0.557. The molecular weight excluding hydrogens is 280 g/mol. The Labute approximate surface area is 125 Å². The summed E-state index contributed by atoms with van der Waals surface area (Å²) >= 11 is 0. The number of benzene rings is 2. The average molecular weight is 292 g/mol. The van der Waals surface area contributed by atoms with Crippen molar-refractivity contribution < 1.29 is 4.74 Å². The fourth-order valence-electron chi connectivity index (χ4n) is 2.29. The van der Waals surface area contributed by atoms with Crippen LogP contribution in [0.2, 0.25) is 0 Å². The van der Waals surface area contributed by atoms with Crippen LogP contribution in [0.1, 0.15) is 0 Å². The number of fused-ring (bicyclic) bond motifs is 1. The summed E-state index contributed by atoms with van der Waals surface area (Å²) in [5.41, 5.74) is 2.66. The molecule has 0 saturated heterocycles. The standard InChI is InChI=1S/C15H12N6O/c1-22-11-8-6-10(7-9-11)21-15(18-19-20-21)14-16-12-4-2-3-5-13(12)17-14/h2-9H,1H3,(H,16,17). The van der Waals surface area contributed by atoms with E-state index >= 15 is 0 Å². The molecule has 0 aliphatic carbocycles. The number of hydrogen-bond donors (Lipinski definition) is 1. The molecule has 7 nitrogen and oxygen atoms in total. The van der Waals surface area contributed by atoms with E-state index in [1.807, 2.05) is 48.5 Å². The van der Waals surface area contributed by atoms with Gasteiger partial charge in [0.2, 0.25) is 5.82 Å². The lowest BCUT2D eigenvalue weighted by molar-refractivity contribution is 0.414. The van der Waals surface area contributed by atoms with Crippen molar-refractivity contribution in [1.29, 1.82) is 0 Å². The van der Waals surface area contributed by atoms with Crippen molar-refractivity contribution >= 4 is 11.0 Å². The van der Waals surface area contributed by atoms with Gasteiger partial charge in [-0.1, -0.05) is 12.1 Å². The predicted molar refractivity (Wildman–Crippen MR) is 80.8 cm³/mol. The Balaban J connectivity index is 1.81. The van der Waals surface area contributed by atoms with Gasteiger partial charge in [-0.25, -0.2) is 4.98 Å². The number of para-hydroxylation sites is 2. The van der Waals surface area contributed by atoms with Crippen LogP contribution in [0, 0.1) is 0 Å². The van der Waals surface area contributed by atoms with E-state index in [1.165, 1.54) is 0 Å². The number of nitrogens with one attached hydrogen (secondary N) is 1. The number of rotatable bonds is 3. The van der Waals surface area contributed by atoms with E-state index in [1.54, 1.807) is 11.8 Å². The first-order valence-electron chi connectivity index (χ1n) is 6.73. The summed E-state index contributed by atoms with van der Waals surface area (Å²) in [7, 11) is 1.63. The second kappa shape index (κ2) is 4.96. The lowest BCUT2D eigenvalue weighted by atomic mass is 10.3. The molecule has 0 aliphatic heterocycles. The normalized spacial score (nSPS) is 11.0. The third-order valence-corrected chi connectivity index (χ3v) is 3.39. The van der Waals surface area contributed by atoms with Crippen LogP contribution in [0.15, 0.2) is 48.5 Å². The van der Waals surface area contributed by atoms with Gasteiger partial charge < -0.3 is 9.72 Å². The Morgan fingerprint density at radius 1 is 1.05 bits per heavy atom. The van der Waals surface area contributed by atoms with Gasteiger partial charge in [-0.05, 0) is 46.8 Å². The number of aromatic amines is 1. The smallest absolute Gasteiger partial charge is 0.222 e. The van der Waals surface area contributed by atoms with Crippen LogP contribution in [0.4, 0.5) is 0 Å². The van der Waals surface area contributed by atoms with Gasteiger partial charge in [-0.15, -0.1) is 5.10 Å². The van der Waals surface area contributed by atoms with Crippen LogP contribution in [0.3, 0.4) is 0 Å². The fraction of sp³-hybridized carbons (Fsp3) is 0.0667. The van der Waals surface area contributed by atoms with E-state index in [0.717, 1.165) is 22.5 Å². The first-order chi connectivity index (χ1) is 10.8. The van der Waals surface area contributed by atoms with E-state index in [2.05, 4.69) is 25.5 Å². The van der Waals surface area contributed by atoms with Gasteiger partial charge in [0.05, 0.1) is 23.8 Å². The number of ether oxygens (including phenoxy) is 1. The Bertz CT molecular complexity index is 892. The molecule has 4 rings (SSSR count). The molecule has 2 heterocycles. The molecular formula is C15H12N6O. The monoisotopic (exact) mass is 292 g/mol. The van der Waals surface area contributed by atoms with Gasteiger partial charge in [0.15, 0.2) is 5.82 Å². The largest absolute Gasteiger partial charge is 0.497 e. The van der Waals surface area contributed by atoms with Crippen LogP contribution in [-0.2, 0) is 0 Å². The molecule has 7 heteroatoms. The molecule has 0 fully saturated rings. The summed E-state index contributed by atoms with van der Waals surface area (Å²) in [5.74, 6) is 1.96. The van der Waals surface area contributed by atoms with Gasteiger partial charge in [0, 0.05) is 0 Å². The summed E-state index contributed by atoms with van der Waals surface area (Å²) in [4.78, 5) is 7.76. The molecule has 0 saturated carbocycles. The third kappa shape index (κ3) is 1.99. The molecule has 22 heavy (non-hydrogen) atoms. The Kier molecular flexibility index (Phi) is 2.82. The molecule has 4 aromatic rings. The zero-order chi connectivity index (χ0) is 14.9. The van der Waals surface area contributed by atoms with Crippen LogP contribution in [0.5, 0.6) is 5.75 Å². The second-order valence-electron chi connectivity index (χ2n) is 4.71. The number of imidazole rings is 1. The average Bonchev–Trinajstić information content (AvgIpc) is 3.21. The SMILES string of the molecule is COc1ccc(-n2nnnc2-c2nc3ccccc3[nH]2)cc1. The van der Waals surface area contributed by atoms with Crippen molar-refractivity contribution in [2.24, 2.45) is 0 Å². The second-order valence-corrected chi connectivity index (χ2v) is 4.71. The molecule has 2 aromatic carbocycles. The number of H-pyrrole nitrogens is 1. The fourth-order valence-corrected chi connectivity index (χ4v) is 2.29. The van der Waals surface area contributed by atoms with Crippen molar-refractivity contribution in [2.45, 2.75) is 0 Å². The number of aromatic nitrogens is 6. The third-order valence-electron chi connectivity index (χ3n) is 3.39. The van der Waals surface area contributed by atoms with E-state index in [-0.39, 0.29) is 0 Å². The first kappa shape index (κ1) is 12.5. The maximum atomic E-state index is 5.16. The van der Waals surface area contributed by atoms with Gasteiger partial charge in [0.1, 0.15) is 5.75 Å². The molecule has 0 bridgehead atoms. The zero-order valence-electron chi connectivity index (χ0n) is 11.8. The quantitative estimate of drug-likeness (QED) is 0.626. The molecule has 108 valence electrons.